The first kappa shape index (κ1) is 93.2. The number of hydrogen-bond acceptors (Lipinski definition) is 18. The number of aliphatic hydroxyl groups is 2. The number of aliphatic imine (C=N–C) groups is 3. The molecule has 0 aliphatic heterocycles. The predicted octanol–water partition coefficient (Wildman–Crippen LogP) is -3.51. The molecule has 0 fully saturated rings. The maximum absolute atomic E-state index is 14.6. The van der Waals surface area contributed by atoms with Crippen LogP contribution in [-0.2, 0) is 64.0 Å². The Labute approximate surface area is 625 Å². The molecule has 0 spiro atoms. The Morgan fingerprint density at radius 3 is 1.12 bits per heavy atom. The number of aliphatic hydroxyl groups excluding tert-OH is 2. The fourth-order valence-corrected chi connectivity index (χ4v) is 11.2. The molecule has 2 rings (SSSR count). The van der Waals surface area contributed by atoms with Crippen molar-refractivity contribution >= 4 is 99.7 Å². The van der Waals surface area contributed by atoms with Crippen LogP contribution >= 0.6 is 0 Å². The van der Waals surface area contributed by atoms with E-state index in [-0.39, 0.29) is 126 Å². The molecule has 37 nitrogen and oxygen atoms in total. The Kier molecular flexibility index (Phi) is 41.5. The molecule has 0 radical (unpaired) electrons. The van der Waals surface area contributed by atoms with E-state index in [0.29, 0.717) is 12.0 Å². The number of fused-ring (bicyclic) bond motifs is 1. The van der Waals surface area contributed by atoms with Crippen LogP contribution in [-0.4, -0.2) is 214 Å². The van der Waals surface area contributed by atoms with Crippen LogP contribution in [0.1, 0.15) is 159 Å². The average molecular weight is 1510 g/mol. The quantitative estimate of drug-likeness (QED) is 0.0173. The van der Waals surface area contributed by atoms with Crippen molar-refractivity contribution in [3.05, 3.63) is 36.0 Å². The fourth-order valence-electron chi connectivity index (χ4n) is 11.2. The van der Waals surface area contributed by atoms with Gasteiger partial charge in [-0.25, -0.2) is 4.79 Å². The number of amides is 11. The van der Waals surface area contributed by atoms with Gasteiger partial charge in [0.15, 0.2) is 17.9 Å². The van der Waals surface area contributed by atoms with Gasteiger partial charge in [0.2, 0.25) is 65.0 Å². The smallest absolute Gasteiger partial charge is 0.326 e. The van der Waals surface area contributed by atoms with Crippen molar-refractivity contribution in [2.75, 3.05) is 32.8 Å². The number of aliphatic carboxylic acids is 1. The average Bonchev–Trinajstić information content (AvgIpc) is 1.71. The molecule has 0 aliphatic carbocycles. The summed E-state index contributed by atoms with van der Waals surface area (Å²) in [6.07, 6.45) is 2.83. The number of H-pyrrole nitrogens is 1. The molecule has 2 aromatic rings. The van der Waals surface area contributed by atoms with E-state index in [9.17, 15) is 72.9 Å². The maximum atomic E-state index is 14.6. The van der Waals surface area contributed by atoms with E-state index in [0.717, 1.165) is 10.9 Å². The van der Waals surface area contributed by atoms with Crippen LogP contribution in [0.25, 0.3) is 10.9 Å². The van der Waals surface area contributed by atoms with Crippen LogP contribution in [0.5, 0.6) is 0 Å². The molecule has 29 N–H and O–H groups in total. The van der Waals surface area contributed by atoms with Gasteiger partial charge in [-0.2, -0.15) is 0 Å². The van der Waals surface area contributed by atoms with Crippen molar-refractivity contribution in [2.45, 2.75) is 233 Å². The van der Waals surface area contributed by atoms with Crippen molar-refractivity contribution < 1.29 is 72.9 Å². The van der Waals surface area contributed by atoms with E-state index >= 15 is 0 Å². The highest BCUT2D eigenvalue weighted by molar-refractivity contribution is 6.00. The summed E-state index contributed by atoms with van der Waals surface area (Å²) in [6.45, 7) is 18.8. The van der Waals surface area contributed by atoms with Gasteiger partial charge < -0.3 is 119 Å². The minimum absolute atomic E-state index is 0.00445. The predicted molar refractivity (Wildman–Crippen MR) is 405 cm³/mol. The Morgan fingerprint density at radius 1 is 0.411 bits per heavy atom. The molecular weight excluding hydrogens is 1390 g/mol. The summed E-state index contributed by atoms with van der Waals surface area (Å²) in [7, 11) is 0. The van der Waals surface area contributed by atoms with Crippen LogP contribution in [0, 0.1) is 35.5 Å². The topological polar surface area (TPSA) is 633 Å². The van der Waals surface area contributed by atoms with Gasteiger partial charge in [-0.3, -0.25) is 67.7 Å². The SMILES string of the molecule is CC[C@H](C)[C@H](N)C(=O)N[C@@H](CCCN=C(N)N)C(=O)N[C@@H](CO)C(=O)N[C@@H](CC(C)C)C(=O)N[C@H](C(=O)N[C@@H](CO)C(=O)N[C@H](C(=O)N[C@H](C(=O)N[C@@H](CC(C)C)C(=O)N[C@@H](CCCN=C(N)N)C(=O)N[C@@H](CCCN=C(N)N)C(=O)N[C@@H](Cc1c[nH]c2ccccc12)C(=O)O)C(C)C)[C@@H](C)CC)[C@@H](C)CC. The molecule has 0 aliphatic rings. The number of nitrogens with one attached hydrogen (secondary N) is 12. The summed E-state index contributed by atoms with van der Waals surface area (Å²) >= 11 is 0. The number of aromatic amines is 1. The molecule has 1 aromatic carbocycles. The zero-order chi connectivity index (χ0) is 80.9. The van der Waals surface area contributed by atoms with E-state index in [1.54, 1.807) is 101 Å². The number of nitrogens with zero attached hydrogens (tertiary/aromatic N) is 3. The lowest BCUT2D eigenvalue weighted by Crippen LogP contribution is -2.63. The van der Waals surface area contributed by atoms with E-state index in [1.807, 2.05) is 13.0 Å². The molecular formula is C70H122N22O15. The third-order valence-electron chi connectivity index (χ3n) is 18.2. The number of carbonyl (C=O) groups excluding carboxylic acids is 11. The second-order valence-corrected chi connectivity index (χ2v) is 28.2. The minimum atomic E-state index is -1.74. The number of guanidine groups is 3. The standard InChI is InChI=1S/C70H122N22O15/c1-13-38(10)52(71)63(102)84-46(25-20-28-80-70(76)77)58(97)88-50(33-93)61(100)85-48(30-36(6)7)60(99)91-54(39(11)14-2)65(104)89-51(34-94)62(101)92-55(40(12)15-3)66(105)90-53(37(8)9)64(103)86-47(29-35(4)5)59(98)83-44(23-18-26-78-68(72)73)56(95)82-45(24-19-27-79-69(74)75)57(96)87-49(67(106)107)31-41-32-81-43-22-17-16-21-42(41)43/h16-17,21-22,32,35-40,44-55,81,93-94H,13-15,18-20,23-31,33-34,71H2,1-12H3,(H,82,95)(H,83,98)(H,84,102)(H,85,100)(H,86,103)(H,87,96)(H,88,97)(H,89,104)(H,90,105)(H,91,99)(H,92,101)(H,106,107)(H4,72,73,78)(H4,74,75,79)(H4,76,77,80)/t38-,39-,40-,44-,45-,46-,47-,48-,49-,50-,51-,52-,53-,54-,55-/m0/s1. The monoisotopic (exact) mass is 1510 g/mol. The van der Waals surface area contributed by atoms with E-state index in [1.165, 1.54) is 0 Å². The summed E-state index contributed by atoms with van der Waals surface area (Å²) in [5.41, 5.74) is 40.7. The van der Waals surface area contributed by atoms with Gasteiger partial charge >= 0.3 is 5.97 Å². The summed E-state index contributed by atoms with van der Waals surface area (Å²) in [4.78, 5) is 184. The summed E-state index contributed by atoms with van der Waals surface area (Å²) in [5, 5.41) is 60.8. The number of benzene rings is 1. The van der Waals surface area contributed by atoms with Crippen LogP contribution < -0.4 is 98.6 Å². The number of carboxylic acid groups (broad SMARTS) is 1. The molecule has 1 aromatic heterocycles. The highest BCUT2D eigenvalue weighted by atomic mass is 16.4. The molecule has 0 unspecified atom stereocenters. The Hall–Kier alpha value is -9.91. The van der Waals surface area contributed by atoms with Gasteiger partial charge in [0, 0.05) is 43.2 Å². The van der Waals surface area contributed by atoms with E-state index in [2.05, 4.69) is 78.4 Å². The Bertz CT molecular complexity index is 3330. The van der Waals surface area contributed by atoms with Crippen LogP contribution in [0.2, 0.25) is 0 Å². The summed E-state index contributed by atoms with van der Waals surface area (Å²) in [6, 6.07) is -9.68. The first-order chi connectivity index (χ1) is 50.3. The first-order valence-corrected chi connectivity index (χ1v) is 36.6. The molecule has 0 saturated carbocycles. The normalized spacial score (nSPS) is 15.5. The highest BCUT2D eigenvalue weighted by Crippen LogP contribution is 2.21. The number of aromatic nitrogens is 1. The van der Waals surface area contributed by atoms with Gasteiger partial charge in [-0.05, 0) is 98.5 Å². The van der Waals surface area contributed by atoms with Gasteiger partial charge in [0.1, 0.15) is 66.5 Å². The Morgan fingerprint density at radius 2 is 0.729 bits per heavy atom. The molecule has 107 heavy (non-hydrogen) atoms. The lowest BCUT2D eigenvalue weighted by molar-refractivity contribution is -0.142. The number of carboxylic acids is 1. The van der Waals surface area contributed by atoms with Gasteiger partial charge in [0.05, 0.1) is 19.3 Å². The van der Waals surface area contributed by atoms with Crippen molar-refractivity contribution in [3.63, 3.8) is 0 Å². The summed E-state index contributed by atoms with van der Waals surface area (Å²) < 4.78 is 0. The van der Waals surface area contributed by atoms with E-state index in [4.69, 9.17) is 40.1 Å². The fraction of sp³-hybridized carbons (Fsp3) is 0.671. The van der Waals surface area contributed by atoms with Crippen molar-refractivity contribution in [1.29, 1.82) is 0 Å². The molecule has 11 amide bonds. The molecule has 0 saturated heterocycles. The zero-order valence-corrected chi connectivity index (χ0v) is 63.9. The van der Waals surface area contributed by atoms with E-state index < -0.39 is 174 Å². The summed E-state index contributed by atoms with van der Waals surface area (Å²) in [5.74, 6) is -14.4. The number of carbonyl (C=O) groups is 12. The van der Waals surface area contributed by atoms with Gasteiger partial charge in [-0.15, -0.1) is 0 Å². The van der Waals surface area contributed by atoms with Gasteiger partial charge in [-0.1, -0.05) is 121 Å². The lowest BCUT2D eigenvalue weighted by atomic mass is 9.95. The number of para-hydroxylation sites is 1. The third kappa shape index (κ3) is 32.8. The third-order valence-corrected chi connectivity index (χ3v) is 18.2. The Balaban J connectivity index is 2.43. The molecule has 37 heteroatoms. The van der Waals surface area contributed by atoms with Gasteiger partial charge in [0.25, 0.3) is 0 Å². The van der Waals surface area contributed by atoms with Crippen molar-refractivity contribution in [2.24, 2.45) is 90.6 Å². The number of hydrogen-bond donors (Lipinski definition) is 22. The van der Waals surface area contributed by atoms with Crippen LogP contribution in [0.3, 0.4) is 0 Å². The highest BCUT2D eigenvalue weighted by Gasteiger charge is 2.39. The molecule has 602 valence electrons. The van der Waals surface area contributed by atoms with Crippen molar-refractivity contribution in [1.82, 2.24) is 63.5 Å². The van der Waals surface area contributed by atoms with Crippen LogP contribution in [0.15, 0.2) is 45.4 Å². The maximum Gasteiger partial charge on any atom is 0.326 e. The second-order valence-electron chi connectivity index (χ2n) is 28.2. The van der Waals surface area contributed by atoms with Crippen LogP contribution in [0.4, 0.5) is 0 Å². The molecule has 1 heterocycles. The number of nitrogens with two attached hydrogens (primary N) is 7. The van der Waals surface area contributed by atoms with Crippen molar-refractivity contribution in [3.8, 4) is 0 Å². The lowest BCUT2D eigenvalue weighted by Gasteiger charge is -2.31. The number of rotatable bonds is 50. The molecule has 15 atom stereocenters. The minimum Gasteiger partial charge on any atom is -0.480 e. The second kappa shape index (κ2) is 47.6. The largest absolute Gasteiger partial charge is 0.480 e. The zero-order valence-electron chi connectivity index (χ0n) is 63.9. The first-order valence-electron chi connectivity index (χ1n) is 36.6. The molecule has 0 bridgehead atoms.